The lowest BCUT2D eigenvalue weighted by Crippen LogP contribution is -2.14. The molecular weight excluding hydrogens is 715 g/mol. The lowest BCUT2D eigenvalue weighted by molar-refractivity contribution is -0.114. The number of aromatic nitrogens is 4. The number of anilines is 2. The van der Waals surface area contributed by atoms with Crippen LogP contribution >= 0.6 is 46.7 Å². The monoisotopic (exact) mass is 740 g/mol. The number of hydrogen-bond donors (Lipinski definition) is 4. The van der Waals surface area contributed by atoms with E-state index in [-0.39, 0.29) is 23.3 Å². The first-order chi connectivity index (χ1) is 24.3. The van der Waals surface area contributed by atoms with E-state index < -0.39 is 0 Å². The zero-order chi connectivity index (χ0) is 34.5. The summed E-state index contributed by atoms with van der Waals surface area (Å²) in [6, 6.07) is 32.3. The van der Waals surface area contributed by atoms with Gasteiger partial charge < -0.3 is 30.1 Å². The summed E-state index contributed by atoms with van der Waals surface area (Å²) in [5, 5.41) is 8.31. The number of carbonyl (C=O) groups is 2. The smallest absolute Gasteiger partial charge is 0.234 e. The quantitative estimate of drug-likeness (QED) is 0.0910. The predicted octanol–water partition coefficient (Wildman–Crippen LogP) is 9.79. The van der Waals surface area contributed by atoms with Gasteiger partial charge in [-0.1, -0.05) is 46.7 Å². The highest BCUT2D eigenvalue weighted by molar-refractivity contribution is 8.00. The van der Waals surface area contributed by atoms with Gasteiger partial charge in [-0.05, 0) is 109 Å². The molecule has 0 unspecified atom stereocenters. The molecule has 50 heavy (non-hydrogen) atoms. The molecule has 14 heteroatoms. The molecule has 2 aromatic heterocycles. The fourth-order valence-electron chi connectivity index (χ4n) is 4.78. The Balaban J connectivity index is 0.842. The molecule has 7 aromatic rings. The summed E-state index contributed by atoms with van der Waals surface area (Å²) < 4.78 is 11.9. The summed E-state index contributed by atoms with van der Waals surface area (Å²) >= 11 is 14.7. The van der Waals surface area contributed by atoms with E-state index in [0.29, 0.717) is 54.7 Å². The lowest BCUT2D eigenvalue weighted by Gasteiger charge is -2.10. The van der Waals surface area contributed by atoms with Crippen molar-refractivity contribution in [3.8, 4) is 23.0 Å². The maximum atomic E-state index is 12.5. The number of benzene rings is 5. The fourth-order valence-corrected chi connectivity index (χ4v) is 6.49. The van der Waals surface area contributed by atoms with Gasteiger partial charge in [0.15, 0.2) is 10.3 Å². The van der Waals surface area contributed by atoms with Crippen LogP contribution in [0.2, 0.25) is 10.0 Å². The van der Waals surface area contributed by atoms with Crippen molar-refractivity contribution in [2.45, 2.75) is 10.3 Å². The van der Waals surface area contributed by atoms with Crippen molar-refractivity contribution in [2.24, 2.45) is 0 Å². The molecule has 4 N–H and O–H groups in total. The van der Waals surface area contributed by atoms with E-state index in [0.717, 1.165) is 22.1 Å². The Hall–Kier alpha value is -5.14. The number of fused-ring (bicyclic) bond motifs is 2. The maximum absolute atomic E-state index is 12.5. The van der Waals surface area contributed by atoms with Gasteiger partial charge in [-0.2, -0.15) is 0 Å². The van der Waals surface area contributed by atoms with Gasteiger partial charge in [-0.15, -0.1) is 0 Å². The molecule has 0 radical (unpaired) electrons. The van der Waals surface area contributed by atoms with Crippen LogP contribution in [0.15, 0.2) is 120 Å². The molecule has 250 valence electrons. The molecule has 10 nitrogen and oxygen atoms in total. The number of H-pyrrole nitrogens is 2. The maximum Gasteiger partial charge on any atom is 0.234 e. The molecule has 0 fully saturated rings. The van der Waals surface area contributed by atoms with Crippen molar-refractivity contribution in [2.75, 3.05) is 22.1 Å². The van der Waals surface area contributed by atoms with Gasteiger partial charge in [0.1, 0.15) is 23.0 Å². The van der Waals surface area contributed by atoms with Crippen LogP contribution in [-0.4, -0.2) is 43.3 Å². The molecule has 7 rings (SSSR count). The number of nitrogens with zero attached hydrogens (tertiary/aromatic N) is 2. The van der Waals surface area contributed by atoms with Crippen molar-refractivity contribution < 1.29 is 19.1 Å². The zero-order valence-corrected chi connectivity index (χ0v) is 29.1. The Morgan fingerprint density at radius 1 is 0.560 bits per heavy atom. The minimum Gasteiger partial charge on any atom is -0.457 e. The number of thioether (sulfide) groups is 2. The Morgan fingerprint density at radius 3 is 1.30 bits per heavy atom. The van der Waals surface area contributed by atoms with Crippen LogP contribution < -0.4 is 20.1 Å². The van der Waals surface area contributed by atoms with Crippen molar-refractivity contribution >= 4 is 92.0 Å². The standard InChI is InChI=1S/C36H26Cl2N6O4S2/c37-21-1-15-29-31(17-21)43-35(41-29)49-19-33(45)39-23-3-7-25(8-4-23)47-27-11-13-28(14-12-27)48-26-9-5-24(6-10-26)40-34(46)20-50-36-42-30-16-2-22(38)18-32(30)44-36/h1-18H,19-20H2,(H,39,45)(H,40,46)(H,41,43)(H,42,44). The molecule has 5 aromatic carbocycles. The summed E-state index contributed by atoms with van der Waals surface area (Å²) in [5.74, 6) is 2.57. The molecule has 0 bridgehead atoms. The van der Waals surface area contributed by atoms with Crippen LogP contribution in [0.5, 0.6) is 23.0 Å². The van der Waals surface area contributed by atoms with Gasteiger partial charge in [0.25, 0.3) is 0 Å². The van der Waals surface area contributed by atoms with Crippen molar-refractivity contribution in [3.63, 3.8) is 0 Å². The minimum atomic E-state index is -0.155. The topological polar surface area (TPSA) is 134 Å². The lowest BCUT2D eigenvalue weighted by atomic mass is 10.3. The molecule has 2 heterocycles. The van der Waals surface area contributed by atoms with E-state index in [1.165, 1.54) is 23.5 Å². The third-order valence-electron chi connectivity index (χ3n) is 7.10. The summed E-state index contributed by atoms with van der Waals surface area (Å²) in [5.41, 5.74) is 4.55. The summed E-state index contributed by atoms with van der Waals surface area (Å²) in [6.07, 6.45) is 0. The van der Waals surface area contributed by atoms with Crippen molar-refractivity contribution in [1.82, 2.24) is 19.9 Å². The molecule has 0 atom stereocenters. The van der Waals surface area contributed by atoms with Gasteiger partial charge in [-0.3, -0.25) is 9.59 Å². The number of carbonyl (C=O) groups excluding carboxylic acids is 2. The van der Waals surface area contributed by atoms with E-state index in [9.17, 15) is 9.59 Å². The van der Waals surface area contributed by atoms with Crippen LogP contribution in [0.4, 0.5) is 11.4 Å². The van der Waals surface area contributed by atoms with Crippen LogP contribution in [0, 0.1) is 0 Å². The average molecular weight is 742 g/mol. The molecule has 2 amide bonds. The SMILES string of the molecule is O=C(CSc1nc2ccc(Cl)cc2[nH]1)Nc1ccc(Oc2ccc(Oc3ccc(NC(=O)CSc4nc5ccc(Cl)cc5[nH]4)cc3)cc2)cc1. The van der Waals surface area contributed by atoms with E-state index in [4.69, 9.17) is 32.7 Å². The van der Waals surface area contributed by atoms with E-state index in [1.807, 2.05) is 12.1 Å². The zero-order valence-electron chi connectivity index (χ0n) is 25.9. The van der Waals surface area contributed by atoms with Gasteiger partial charge in [0.05, 0.1) is 33.6 Å². The minimum absolute atomic E-state index is 0.155. The van der Waals surface area contributed by atoms with Gasteiger partial charge in [-0.25, -0.2) is 9.97 Å². The molecule has 0 saturated heterocycles. The number of rotatable bonds is 12. The molecule has 0 spiro atoms. The number of aromatic amines is 2. The third-order valence-corrected chi connectivity index (χ3v) is 9.31. The average Bonchev–Trinajstić information content (AvgIpc) is 3.72. The van der Waals surface area contributed by atoms with Gasteiger partial charge in [0, 0.05) is 21.4 Å². The molecular formula is C36H26Cl2N6O4S2. The van der Waals surface area contributed by atoms with Crippen LogP contribution in [0.25, 0.3) is 22.1 Å². The Morgan fingerprint density at radius 2 is 0.920 bits per heavy atom. The third kappa shape index (κ3) is 8.71. The summed E-state index contributed by atoms with van der Waals surface area (Å²) in [4.78, 5) is 40.3. The first-order valence-corrected chi connectivity index (χ1v) is 17.9. The summed E-state index contributed by atoms with van der Waals surface area (Å²) in [7, 11) is 0. The van der Waals surface area contributed by atoms with Crippen molar-refractivity contribution in [3.05, 3.63) is 119 Å². The Labute approximate surface area is 304 Å². The number of ether oxygens (including phenoxy) is 2. The Bertz CT molecular complexity index is 2130. The second-order valence-electron chi connectivity index (χ2n) is 10.8. The molecule has 0 aliphatic heterocycles. The number of halogens is 2. The number of hydrogen-bond acceptors (Lipinski definition) is 8. The van der Waals surface area contributed by atoms with Crippen LogP contribution in [-0.2, 0) is 9.59 Å². The van der Waals surface area contributed by atoms with E-state index in [1.54, 1.807) is 97.1 Å². The fraction of sp³-hybridized carbons (Fsp3) is 0.0556. The van der Waals surface area contributed by atoms with Crippen molar-refractivity contribution in [1.29, 1.82) is 0 Å². The predicted molar refractivity (Wildman–Crippen MR) is 200 cm³/mol. The highest BCUT2D eigenvalue weighted by Gasteiger charge is 2.10. The normalized spacial score (nSPS) is 11.1. The van der Waals surface area contributed by atoms with E-state index >= 15 is 0 Å². The molecule has 0 aliphatic carbocycles. The Kier molecular flexibility index (Phi) is 10.1. The second-order valence-corrected chi connectivity index (χ2v) is 13.6. The van der Waals surface area contributed by atoms with Gasteiger partial charge >= 0.3 is 0 Å². The van der Waals surface area contributed by atoms with E-state index in [2.05, 4.69) is 30.6 Å². The first-order valence-electron chi connectivity index (χ1n) is 15.1. The first kappa shape index (κ1) is 33.4. The number of nitrogens with one attached hydrogen (secondary N) is 4. The summed E-state index contributed by atoms with van der Waals surface area (Å²) in [6.45, 7) is 0. The molecule has 0 aliphatic rings. The van der Waals surface area contributed by atoms with Crippen LogP contribution in [0.1, 0.15) is 0 Å². The van der Waals surface area contributed by atoms with Crippen LogP contribution in [0.3, 0.4) is 0 Å². The largest absolute Gasteiger partial charge is 0.457 e. The number of imidazole rings is 2. The highest BCUT2D eigenvalue weighted by Crippen LogP contribution is 2.29. The number of amides is 2. The van der Waals surface area contributed by atoms with Gasteiger partial charge in [0.2, 0.25) is 11.8 Å². The second kappa shape index (κ2) is 15.2. The highest BCUT2D eigenvalue weighted by atomic mass is 35.5. The molecule has 0 saturated carbocycles.